The number of benzene rings is 3. The quantitative estimate of drug-likeness (QED) is 0.264. The third-order valence-corrected chi connectivity index (χ3v) is 5.81. The minimum Gasteiger partial charge on any atom is -0.493 e. The minimum atomic E-state index is -0.544. The van der Waals surface area contributed by atoms with Crippen molar-refractivity contribution in [1.29, 1.82) is 0 Å². The van der Waals surface area contributed by atoms with E-state index in [9.17, 15) is 13.6 Å². The summed E-state index contributed by atoms with van der Waals surface area (Å²) in [6.07, 6.45) is 1.40. The molecule has 0 atom stereocenters. The van der Waals surface area contributed by atoms with Gasteiger partial charge in [-0.05, 0) is 48.0 Å². The van der Waals surface area contributed by atoms with Gasteiger partial charge in [0, 0.05) is 5.56 Å². The van der Waals surface area contributed by atoms with Crippen LogP contribution in [0.3, 0.4) is 0 Å². The molecule has 0 unspecified atom stereocenters. The van der Waals surface area contributed by atoms with E-state index in [0.29, 0.717) is 33.0 Å². The number of hydrazone groups is 1. The van der Waals surface area contributed by atoms with Crippen molar-refractivity contribution in [2.24, 2.45) is 5.10 Å². The molecule has 4 rings (SSSR count). The van der Waals surface area contributed by atoms with Gasteiger partial charge in [0.15, 0.2) is 11.5 Å². The van der Waals surface area contributed by atoms with Crippen molar-refractivity contribution in [3.8, 4) is 17.2 Å². The number of carbonyl (C=O) groups is 1. The maximum Gasteiger partial charge on any atom is 0.281 e. The topological polar surface area (TPSA) is 73.2 Å². The fourth-order valence-electron chi connectivity index (χ4n) is 3.17. The van der Waals surface area contributed by atoms with Gasteiger partial charge in [0.1, 0.15) is 11.6 Å². The highest BCUT2D eigenvalue weighted by Gasteiger charge is 2.24. The monoisotopic (exact) mass is 483 g/mol. The van der Waals surface area contributed by atoms with Gasteiger partial charge in [-0.2, -0.15) is 10.1 Å². The van der Waals surface area contributed by atoms with Crippen LogP contribution in [0.2, 0.25) is 0 Å². The molecular weight excluding hydrogens is 464 g/mol. The number of amides is 1. The van der Waals surface area contributed by atoms with Gasteiger partial charge in [0.25, 0.3) is 5.91 Å². The maximum atomic E-state index is 13.7. The van der Waals surface area contributed by atoms with Crippen LogP contribution >= 0.6 is 11.3 Å². The van der Waals surface area contributed by atoms with Crippen molar-refractivity contribution in [3.05, 3.63) is 77.4 Å². The highest BCUT2D eigenvalue weighted by atomic mass is 32.1. The van der Waals surface area contributed by atoms with E-state index in [0.717, 1.165) is 16.3 Å². The molecule has 0 spiro atoms. The molecule has 1 aromatic heterocycles. The molecule has 10 heteroatoms. The Hall–Kier alpha value is -4.05. The Kier molecular flexibility index (Phi) is 6.69. The van der Waals surface area contributed by atoms with Crippen LogP contribution in [0.1, 0.15) is 15.9 Å². The fourth-order valence-corrected chi connectivity index (χ4v) is 4.11. The van der Waals surface area contributed by atoms with Gasteiger partial charge in [-0.15, -0.1) is 0 Å². The van der Waals surface area contributed by atoms with Gasteiger partial charge in [0.05, 0.1) is 37.8 Å². The lowest BCUT2D eigenvalue weighted by Crippen LogP contribution is -2.25. The van der Waals surface area contributed by atoms with Crippen molar-refractivity contribution >= 4 is 38.8 Å². The first-order chi connectivity index (χ1) is 16.4. The van der Waals surface area contributed by atoms with Crippen molar-refractivity contribution in [1.82, 2.24) is 4.98 Å². The molecule has 174 valence electrons. The third kappa shape index (κ3) is 4.67. The number of rotatable bonds is 7. The number of nitrogens with zero attached hydrogens (tertiary/aromatic N) is 3. The average Bonchev–Trinajstić information content (AvgIpc) is 3.26. The zero-order valence-corrected chi connectivity index (χ0v) is 19.2. The summed E-state index contributed by atoms with van der Waals surface area (Å²) in [7, 11) is 4.34. The molecular formula is C24H19F2N3O4S. The second-order valence-electron chi connectivity index (χ2n) is 6.94. The molecule has 0 saturated carbocycles. The van der Waals surface area contributed by atoms with Gasteiger partial charge < -0.3 is 14.2 Å². The second kappa shape index (κ2) is 9.84. The van der Waals surface area contributed by atoms with E-state index in [1.165, 1.54) is 82.1 Å². The number of halogens is 2. The molecule has 4 aromatic rings. The van der Waals surface area contributed by atoms with Crippen LogP contribution in [-0.2, 0) is 0 Å². The summed E-state index contributed by atoms with van der Waals surface area (Å²) in [6, 6.07) is 12.8. The molecule has 1 amide bonds. The predicted molar refractivity (Wildman–Crippen MR) is 126 cm³/mol. The lowest BCUT2D eigenvalue weighted by atomic mass is 10.1. The van der Waals surface area contributed by atoms with Gasteiger partial charge in [-0.1, -0.05) is 23.5 Å². The molecule has 3 aromatic carbocycles. The van der Waals surface area contributed by atoms with Crippen LogP contribution in [0.25, 0.3) is 10.2 Å². The summed E-state index contributed by atoms with van der Waals surface area (Å²) >= 11 is 1.10. The first kappa shape index (κ1) is 23.1. The lowest BCUT2D eigenvalue weighted by molar-refractivity contribution is 0.0987. The van der Waals surface area contributed by atoms with E-state index in [4.69, 9.17) is 14.2 Å². The number of thiazole rings is 1. The van der Waals surface area contributed by atoms with Gasteiger partial charge in [-0.25, -0.2) is 13.8 Å². The summed E-state index contributed by atoms with van der Waals surface area (Å²) < 4.78 is 43.6. The van der Waals surface area contributed by atoms with Gasteiger partial charge >= 0.3 is 0 Å². The molecule has 0 aliphatic rings. The Balaban J connectivity index is 1.81. The van der Waals surface area contributed by atoms with Crippen molar-refractivity contribution in [2.75, 3.05) is 26.3 Å². The number of hydrogen-bond donors (Lipinski definition) is 0. The molecule has 0 bridgehead atoms. The SMILES string of the molecule is COc1cc(C(=O)N(/N=C/c2ccc(F)cc2)c2nc3ccc(F)cc3s2)cc(OC)c1OC. The molecule has 0 fully saturated rings. The Labute approximate surface area is 197 Å². The predicted octanol–water partition coefficient (Wildman–Crippen LogP) is 5.28. The van der Waals surface area contributed by atoms with E-state index in [-0.39, 0.29) is 10.7 Å². The van der Waals surface area contributed by atoms with Crippen LogP contribution in [0.4, 0.5) is 13.9 Å². The highest BCUT2D eigenvalue weighted by molar-refractivity contribution is 7.22. The fraction of sp³-hybridized carbons (Fsp3) is 0.125. The van der Waals surface area contributed by atoms with Crippen molar-refractivity contribution in [3.63, 3.8) is 0 Å². The van der Waals surface area contributed by atoms with Crippen molar-refractivity contribution < 1.29 is 27.8 Å². The zero-order valence-electron chi connectivity index (χ0n) is 18.4. The van der Waals surface area contributed by atoms with Crippen LogP contribution < -0.4 is 19.2 Å². The van der Waals surface area contributed by atoms with E-state index in [2.05, 4.69) is 10.1 Å². The molecule has 0 N–H and O–H groups in total. The van der Waals surface area contributed by atoms with Gasteiger partial charge in [0.2, 0.25) is 10.9 Å². The molecule has 0 aliphatic carbocycles. The number of hydrogen-bond acceptors (Lipinski definition) is 7. The number of methoxy groups -OCH3 is 3. The van der Waals surface area contributed by atoms with Crippen LogP contribution in [0, 0.1) is 11.6 Å². The molecule has 34 heavy (non-hydrogen) atoms. The molecule has 0 aliphatic heterocycles. The number of aromatic nitrogens is 1. The Morgan fingerprint density at radius 2 is 1.59 bits per heavy atom. The minimum absolute atomic E-state index is 0.191. The molecule has 7 nitrogen and oxygen atoms in total. The Bertz CT molecular complexity index is 1350. The Morgan fingerprint density at radius 3 is 2.21 bits per heavy atom. The maximum absolute atomic E-state index is 13.7. The summed E-state index contributed by atoms with van der Waals surface area (Å²) in [4.78, 5) is 18.0. The van der Waals surface area contributed by atoms with E-state index >= 15 is 0 Å². The second-order valence-corrected chi connectivity index (χ2v) is 7.94. The molecule has 0 radical (unpaired) electrons. The number of fused-ring (bicyclic) bond motifs is 1. The highest BCUT2D eigenvalue weighted by Crippen LogP contribution is 2.39. The molecule has 1 heterocycles. The van der Waals surface area contributed by atoms with Crippen LogP contribution in [-0.4, -0.2) is 38.4 Å². The summed E-state index contributed by atoms with van der Waals surface area (Å²) in [5.41, 5.74) is 1.27. The summed E-state index contributed by atoms with van der Waals surface area (Å²) in [5.74, 6) is -0.440. The van der Waals surface area contributed by atoms with E-state index < -0.39 is 17.5 Å². The number of anilines is 1. The summed E-state index contributed by atoms with van der Waals surface area (Å²) in [5, 5.41) is 5.63. The third-order valence-electron chi connectivity index (χ3n) is 4.82. The Morgan fingerprint density at radius 1 is 0.941 bits per heavy atom. The molecule has 0 saturated heterocycles. The standard InChI is InChI=1S/C24H19F2N3O4S/c1-31-19-10-15(11-20(32-2)22(19)33-3)23(30)29(27-13-14-4-6-16(25)7-5-14)24-28-18-9-8-17(26)12-21(18)34-24/h4-13H,1-3H3/b27-13+. The first-order valence-electron chi connectivity index (χ1n) is 9.93. The van der Waals surface area contributed by atoms with Gasteiger partial charge in [-0.3, -0.25) is 4.79 Å². The number of carbonyl (C=O) groups excluding carboxylic acids is 1. The van der Waals surface area contributed by atoms with Crippen molar-refractivity contribution in [2.45, 2.75) is 0 Å². The van der Waals surface area contributed by atoms with E-state index in [1.807, 2.05) is 0 Å². The normalized spacial score (nSPS) is 11.1. The number of ether oxygens (including phenoxy) is 3. The van der Waals surface area contributed by atoms with Crippen LogP contribution in [0.5, 0.6) is 17.2 Å². The first-order valence-corrected chi connectivity index (χ1v) is 10.7. The van der Waals surface area contributed by atoms with E-state index in [1.54, 1.807) is 0 Å². The van der Waals surface area contributed by atoms with Crippen LogP contribution in [0.15, 0.2) is 59.7 Å². The summed E-state index contributed by atoms with van der Waals surface area (Å²) in [6.45, 7) is 0. The largest absolute Gasteiger partial charge is 0.493 e. The average molecular weight is 483 g/mol. The smallest absolute Gasteiger partial charge is 0.281 e. The zero-order chi connectivity index (χ0) is 24.2. The lowest BCUT2D eigenvalue weighted by Gasteiger charge is -2.17.